The first-order valence-electron chi connectivity index (χ1n) is 9.66. The van der Waals surface area contributed by atoms with E-state index in [1.54, 1.807) is 0 Å². The van der Waals surface area contributed by atoms with Crippen LogP contribution in [0.5, 0.6) is 5.75 Å². The lowest BCUT2D eigenvalue weighted by molar-refractivity contribution is -0.139. The summed E-state index contributed by atoms with van der Waals surface area (Å²) in [5.41, 5.74) is 3.69. The van der Waals surface area contributed by atoms with Crippen molar-refractivity contribution in [2.75, 3.05) is 31.7 Å². The number of hydrogen-bond donors (Lipinski definition) is 1. The Morgan fingerprint density at radius 3 is 2.74 bits per heavy atom. The maximum atomic E-state index is 11.6. The maximum Gasteiger partial charge on any atom is 0.262 e. The molecule has 1 atom stereocenters. The predicted molar refractivity (Wildman–Crippen MR) is 103 cm³/mol. The molecule has 0 saturated carbocycles. The fourth-order valence-corrected chi connectivity index (χ4v) is 4.88. The summed E-state index contributed by atoms with van der Waals surface area (Å²) in [4.78, 5) is 14.2. The molecule has 1 unspecified atom stereocenters. The Labute approximate surface area is 159 Å². The molecule has 1 amide bonds. The van der Waals surface area contributed by atoms with Gasteiger partial charge in [-0.2, -0.15) is 0 Å². The molecule has 2 saturated heterocycles. The van der Waals surface area contributed by atoms with Crippen LogP contribution in [0.4, 0.5) is 5.69 Å². The van der Waals surface area contributed by atoms with Crippen molar-refractivity contribution < 1.29 is 14.3 Å². The highest BCUT2D eigenvalue weighted by Gasteiger charge is 2.53. The Balaban J connectivity index is 1.40. The van der Waals surface area contributed by atoms with Gasteiger partial charge in [-0.25, -0.2) is 0 Å². The summed E-state index contributed by atoms with van der Waals surface area (Å²) in [6.45, 7) is 3.78. The number of hydrogen-bond acceptors (Lipinski definition) is 4. The zero-order chi connectivity index (χ0) is 18.3. The quantitative estimate of drug-likeness (QED) is 0.907. The van der Waals surface area contributed by atoms with Gasteiger partial charge in [-0.15, -0.1) is 0 Å². The number of fused-ring (bicyclic) bond motifs is 1. The Morgan fingerprint density at radius 2 is 1.93 bits per heavy atom. The molecule has 3 aliphatic heterocycles. The Kier molecular flexibility index (Phi) is 4.14. The number of rotatable bonds is 3. The van der Waals surface area contributed by atoms with E-state index in [2.05, 4.69) is 46.6 Å². The van der Waals surface area contributed by atoms with Crippen LogP contribution in [-0.2, 0) is 16.1 Å². The van der Waals surface area contributed by atoms with E-state index in [1.165, 1.54) is 11.1 Å². The summed E-state index contributed by atoms with van der Waals surface area (Å²) in [6, 6.07) is 17.4. The number of carbonyl (C=O) groups is 1. The van der Waals surface area contributed by atoms with Crippen molar-refractivity contribution in [3.05, 3.63) is 59.7 Å². The van der Waals surface area contributed by atoms with Crippen LogP contribution >= 0.6 is 0 Å². The van der Waals surface area contributed by atoms with E-state index in [0.717, 1.165) is 50.6 Å². The van der Waals surface area contributed by atoms with Crippen molar-refractivity contribution >= 4 is 11.6 Å². The molecule has 3 aliphatic rings. The largest absolute Gasteiger partial charge is 0.482 e. The Hall–Kier alpha value is -2.37. The van der Waals surface area contributed by atoms with Crippen LogP contribution in [-0.4, -0.2) is 37.2 Å². The topological polar surface area (TPSA) is 50.8 Å². The molecule has 5 heteroatoms. The van der Waals surface area contributed by atoms with Crippen molar-refractivity contribution in [3.63, 3.8) is 0 Å². The van der Waals surface area contributed by atoms with Gasteiger partial charge < -0.3 is 14.8 Å². The van der Waals surface area contributed by atoms with Crippen molar-refractivity contribution in [2.45, 2.75) is 25.4 Å². The predicted octanol–water partition coefficient (Wildman–Crippen LogP) is 3.37. The number of amides is 1. The number of carbonyl (C=O) groups excluding carboxylic acids is 1. The fraction of sp³-hybridized carbons (Fsp3) is 0.409. The minimum atomic E-state index is -0.0908. The molecule has 27 heavy (non-hydrogen) atoms. The lowest BCUT2D eigenvalue weighted by atomic mass is 9.64. The van der Waals surface area contributed by atoms with Crippen LogP contribution in [0.15, 0.2) is 48.5 Å². The van der Waals surface area contributed by atoms with Crippen LogP contribution in [0.3, 0.4) is 0 Å². The lowest BCUT2D eigenvalue weighted by Crippen LogP contribution is -2.59. The van der Waals surface area contributed by atoms with Gasteiger partial charge in [0.2, 0.25) is 0 Å². The second-order valence-corrected chi connectivity index (χ2v) is 7.86. The van der Waals surface area contributed by atoms with E-state index in [0.29, 0.717) is 11.5 Å². The standard InChI is InChI=1S/C22H24N2O3/c25-20-14-27-19-7-6-16(12-18(19)23-20)13-24-15-22(8-10-26-11-9-22)21(24)17-4-2-1-3-5-17/h1-7,12,21H,8-11,13-15H2,(H,23,25). The lowest BCUT2D eigenvalue weighted by Gasteiger charge is -2.59. The highest BCUT2D eigenvalue weighted by atomic mass is 16.5. The molecule has 0 bridgehead atoms. The van der Waals surface area contributed by atoms with Crippen molar-refractivity contribution in [1.29, 1.82) is 0 Å². The van der Waals surface area contributed by atoms with E-state index in [9.17, 15) is 4.79 Å². The number of ether oxygens (including phenoxy) is 2. The third-order valence-electron chi connectivity index (χ3n) is 6.13. The van der Waals surface area contributed by atoms with Gasteiger partial charge in [-0.05, 0) is 36.1 Å². The summed E-state index contributed by atoms with van der Waals surface area (Å²) in [5, 5.41) is 2.91. The van der Waals surface area contributed by atoms with E-state index < -0.39 is 0 Å². The van der Waals surface area contributed by atoms with Crippen molar-refractivity contribution in [2.24, 2.45) is 5.41 Å². The first kappa shape index (κ1) is 16.8. The maximum absolute atomic E-state index is 11.6. The molecule has 1 N–H and O–H groups in total. The third-order valence-corrected chi connectivity index (χ3v) is 6.13. The van der Waals surface area contributed by atoms with Crippen LogP contribution in [0.1, 0.15) is 30.0 Å². The molecule has 140 valence electrons. The van der Waals surface area contributed by atoms with Gasteiger partial charge in [0.1, 0.15) is 5.75 Å². The highest BCUT2D eigenvalue weighted by Crippen LogP contribution is 2.55. The first-order chi connectivity index (χ1) is 13.2. The van der Waals surface area contributed by atoms with Crippen molar-refractivity contribution in [1.82, 2.24) is 4.90 Å². The molecule has 0 aliphatic carbocycles. The highest BCUT2D eigenvalue weighted by molar-refractivity contribution is 5.95. The van der Waals surface area contributed by atoms with E-state index in [4.69, 9.17) is 9.47 Å². The van der Waals surface area contributed by atoms with Crippen LogP contribution < -0.4 is 10.1 Å². The van der Waals surface area contributed by atoms with Gasteiger partial charge in [0, 0.05) is 37.8 Å². The van der Waals surface area contributed by atoms with Crippen LogP contribution in [0.25, 0.3) is 0 Å². The molecular weight excluding hydrogens is 340 g/mol. The summed E-state index contributed by atoms with van der Waals surface area (Å²) in [5.74, 6) is 0.661. The zero-order valence-corrected chi connectivity index (χ0v) is 15.3. The zero-order valence-electron chi connectivity index (χ0n) is 15.3. The van der Waals surface area contributed by atoms with Gasteiger partial charge in [0.05, 0.1) is 5.69 Å². The minimum absolute atomic E-state index is 0.0908. The molecule has 1 spiro atoms. The molecule has 3 heterocycles. The van der Waals surface area contributed by atoms with Gasteiger partial charge in [0.25, 0.3) is 5.91 Å². The first-order valence-corrected chi connectivity index (χ1v) is 9.66. The SMILES string of the molecule is O=C1COc2ccc(CN3CC4(CCOCC4)C3c3ccccc3)cc2N1. The summed E-state index contributed by atoms with van der Waals surface area (Å²) < 4.78 is 11.1. The number of nitrogens with one attached hydrogen (secondary N) is 1. The molecule has 0 radical (unpaired) electrons. The monoisotopic (exact) mass is 364 g/mol. The molecule has 2 aromatic rings. The Morgan fingerprint density at radius 1 is 1.11 bits per heavy atom. The van der Waals surface area contributed by atoms with Gasteiger partial charge >= 0.3 is 0 Å². The average molecular weight is 364 g/mol. The molecule has 2 aromatic carbocycles. The molecule has 5 rings (SSSR count). The number of likely N-dealkylation sites (tertiary alicyclic amines) is 1. The molecule has 5 nitrogen and oxygen atoms in total. The van der Waals surface area contributed by atoms with Gasteiger partial charge in [-0.1, -0.05) is 36.4 Å². The second kappa shape index (κ2) is 6.66. The van der Waals surface area contributed by atoms with Gasteiger partial charge in [0.15, 0.2) is 6.61 Å². The van der Waals surface area contributed by atoms with Gasteiger partial charge in [-0.3, -0.25) is 9.69 Å². The molecule has 0 aromatic heterocycles. The molecule has 2 fully saturated rings. The Bertz CT molecular complexity index is 846. The smallest absolute Gasteiger partial charge is 0.262 e. The minimum Gasteiger partial charge on any atom is -0.482 e. The van der Waals surface area contributed by atoms with E-state index >= 15 is 0 Å². The second-order valence-electron chi connectivity index (χ2n) is 7.86. The normalized spacial score (nSPS) is 23.9. The van der Waals surface area contributed by atoms with Crippen molar-refractivity contribution in [3.8, 4) is 5.75 Å². The number of nitrogens with zero attached hydrogens (tertiary/aromatic N) is 1. The summed E-state index contributed by atoms with van der Waals surface area (Å²) >= 11 is 0. The number of anilines is 1. The summed E-state index contributed by atoms with van der Waals surface area (Å²) in [7, 11) is 0. The summed E-state index contributed by atoms with van der Waals surface area (Å²) in [6.07, 6.45) is 2.24. The van der Waals surface area contributed by atoms with Crippen LogP contribution in [0.2, 0.25) is 0 Å². The third kappa shape index (κ3) is 3.01. The van der Waals surface area contributed by atoms with E-state index in [-0.39, 0.29) is 12.5 Å². The number of benzene rings is 2. The fourth-order valence-electron chi connectivity index (χ4n) is 4.88. The van der Waals surface area contributed by atoms with Crippen LogP contribution in [0, 0.1) is 5.41 Å². The molecular formula is C22H24N2O3. The average Bonchev–Trinajstić information content (AvgIpc) is 2.68. The van der Waals surface area contributed by atoms with E-state index in [1.807, 2.05) is 12.1 Å².